The van der Waals surface area contributed by atoms with E-state index in [0.29, 0.717) is 5.82 Å². The van der Waals surface area contributed by atoms with Crippen LogP contribution in [0.3, 0.4) is 0 Å². The van der Waals surface area contributed by atoms with Crippen LogP contribution >= 0.6 is 0 Å². The summed E-state index contributed by atoms with van der Waals surface area (Å²) in [5.41, 5.74) is 3.55. The summed E-state index contributed by atoms with van der Waals surface area (Å²) in [7, 11) is 1.69. The highest BCUT2D eigenvalue weighted by atomic mass is 16.6. The van der Waals surface area contributed by atoms with Gasteiger partial charge in [0.1, 0.15) is 17.2 Å². The van der Waals surface area contributed by atoms with Crippen LogP contribution in [-0.4, -0.2) is 28.2 Å². The van der Waals surface area contributed by atoms with E-state index in [0.717, 1.165) is 27.8 Å². The van der Waals surface area contributed by atoms with Gasteiger partial charge in [-0.2, -0.15) is 0 Å². The van der Waals surface area contributed by atoms with Gasteiger partial charge in [-0.05, 0) is 50.2 Å². The molecule has 0 saturated carbocycles. The van der Waals surface area contributed by atoms with E-state index in [1.807, 2.05) is 26.0 Å². The van der Waals surface area contributed by atoms with E-state index in [4.69, 9.17) is 4.74 Å². The average molecular weight is 323 g/mol. The van der Waals surface area contributed by atoms with Crippen LogP contribution in [0.15, 0.2) is 36.4 Å². The van der Waals surface area contributed by atoms with Gasteiger partial charge >= 0.3 is 6.09 Å². The number of anilines is 1. The van der Waals surface area contributed by atoms with E-state index in [-0.39, 0.29) is 11.8 Å². The topological polar surface area (TPSA) is 78.5 Å². The van der Waals surface area contributed by atoms with Gasteiger partial charge in [0.15, 0.2) is 0 Å². The molecule has 6 heteroatoms. The van der Waals surface area contributed by atoms with Crippen molar-refractivity contribution in [2.24, 2.45) is 0 Å². The zero-order chi connectivity index (χ0) is 17.1. The molecule has 0 bridgehead atoms. The lowest BCUT2D eigenvalue weighted by Gasteiger charge is -2.36. The summed E-state index contributed by atoms with van der Waals surface area (Å²) in [5.74, 6) is 0.921. The lowest BCUT2D eigenvalue weighted by molar-refractivity contribution is 0.0363. The van der Waals surface area contributed by atoms with Crippen LogP contribution in [0, 0.1) is 0 Å². The van der Waals surface area contributed by atoms with E-state index in [1.165, 1.54) is 4.90 Å². The Bertz CT molecular complexity index is 958. The third kappa shape index (κ3) is 2.11. The minimum Gasteiger partial charge on any atom is -0.508 e. The number of aromatic amines is 1. The highest BCUT2D eigenvalue weighted by Gasteiger charge is 2.37. The Hall–Kier alpha value is -3.02. The number of hydrogen-bond donors (Lipinski definition) is 2. The second-order valence-electron chi connectivity index (χ2n) is 6.46. The van der Waals surface area contributed by atoms with Crippen molar-refractivity contribution in [3.8, 4) is 17.1 Å². The van der Waals surface area contributed by atoms with Crippen LogP contribution in [0.4, 0.5) is 10.5 Å². The van der Waals surface area contributed by atoms with Crippen molar-refractivity contribution in [1.82, 2.24) is 9.97 Å². The molecule has 0 atom stereocenters. The van der Waals surface area contributed by atoms with Crippen molar-refractivity contribution >= 4 is 22.8 Å². The Balaban J connectivity index is 1.90. The highest BCUT2D eigenvalue weighted by molar-refractivity contribution is 5.95. The molecule has 0 aliphatic carbocycles. The average Bonchev–Trinajstić information content (AvgIpc) is 2.95. The van der Waals surface area contributed by atoms with Gasteiger partial charge in [-0.3, -0.25) is 4.90 Å². The molecular formula is C18H17N3O3. The Kier molecular flexibility index (Phi) is 2.87. The van der Waals surface area contributed by atoms with Gasteiger partial charge in [0.05, 0.1) is 16.7 Å². The van der Waals surface area contributed by atoms with Crippen LogP contribution in [0.5, 0.6) is 5.75 Å². The minimum atomic E-state index is -0.697. The molecule has 0 fully saturated rings. The van der Waals surface area contributed by atoms with Gasteiger partial charge in [-0.1, -0.05) is 0 Å². The predicted molar refractivity (Wildman–Crippen MR) is 91.1 cm³/mol. The molecule has 2 aromatic carbocycles. The number of H-pyrrole nitrogens is 1. The summed E-state index contributed by atoms with van der Waals surface area (Å²) < 4.78 is 5.49. The zero-order valence-electron chi connectivity index (χ0n) is 13.6. The van der Waals surface area contributed by atoms with Crippen molar-refractivity contribution in [3.05, 3.63) is 42.0 Å². The SMILES string of the molecule is CN1C(=O)OC(C)(C)c2cc3[nH]c(-c4ccc(O)cc4)nc3cc21. The second kappa shape index (κ2) is 4.74. The number of hydrogen-bond acceptors (Lipinski definition) is 4. The number of amides is 1. The van der Waals surface area contributed by atoms with Crippen LogP contribution < -0.4 is 4.90 Å². The first-order valence-corrected chi connectivity index (χ1v) is 7.65. The van der Waals surface area contributed by atoms with Gasteiger partial charge < -0.3 is 14.8 Å². The van der Waals surface area contributed by atoms with E-state index in [9.17, 15) is 9.90 Å². The number of nitrogens with zero attached hydrogens (tertiary/aromatic N) is 2. The number of aromatic nitrogens is 2. The molecule has 4 rings (SSSR count). The van der Waals surface area contributed by atoms with Crippen LogP contribution in [0.2, 0.25) is 0 Å². The first kappa shape index (κ1) is 14.6. The molecule has 0 radical (unpaired) electrons. The number of imidazole rings is 1. The number of cyclic esters (lactones) is 1. The molecule has 2 heterocycles. The predicted octanol–water partition coefficient (Wildman–Crippen LogP) is 3.76. The highest BCUT2D eigenvalue weighted by Crippen LogP contribution is 2.40. The van der Waals surface area contributed by atoms with Gasteiger partial charge in [-0.25, -0.2) is 9.78 Å². The monoisotopic (exact) mass is 323 g/mol. The molecule has 1 aromatic heterocycles. The summed E-state index contributed by atoms with van der Waals surface area (Å²) in [6, 6.07) is 10.7. The fourth-order valence-corrected chi connectivity index (χ4v) is 3.00. The first-order chi connectivity index (χ1) is 11.3. The normalized spacial score (nSPS) is 16.1. The Labute approximate surface area is 138 Å². The van der Waals surface area contributed by atoms with E-state index in [1.54, 1.807) is 31.3 Å². The maximum atomic E-state index is 12.0. The third-order valence-corrected chi connectivity index (χ3v) is 4.37. The summed E-state index contributed by atoms with van der Waals surface area (Å²) in [6.45, 7) is 3.75. The third-order valence-electron chi connectivity index (χ3n) is 4.37. The first-order valence-electron chi connectivity index (χ1n) is 7.65. The molecule has 0 spiro atoms. The van der Waals surface area contributed by atoms with Crippen molar-refractivity contribution in [2.45, 2.75) is 19.4 Å². The summed E-state index contributed by atoms with van der Waals surface area (Å²) in [6.07, 6.45) is -0.374. The smallest absolute Gasteiger partial charge is 0.414 e. The van der Waals surface area contributed by atoms with Crippen LogP contribution in [0.25, 0.3) is 22.4 Å². The van der Waals surface area contributed by atoms with E-state index >= 15 is 0 Å². The molecule has 1 aliphatic heterocycles. The van der Waals surface area contributed by atoms with Crippen molar-refractivity contribution in [3.63, 3.8) is 0 Å². The Morgan fingerprint density at radius 1 is 1.21 bits per heavy atom. The number of phenolic OH excluding ortho intramolecular Hbond substituents is 1. The molecule has 3 aromatic rings. The van der Waals surface area contributed by atoms with E-state index in [2.05, 4.69) is 9.97 Å². The van der Waals surface area contributed by atoms with Gasteiger partial charge in [-0.15, -0.1) is 0 Å². The second-order valence-corrected chi connectivity index (χ2v) is 6.46. The van der Waals surface area contributed by atoms with E-state index < -0.39 is 5.60 Å². The number of benzene rings is 2. The number of nitrogens with one attached hydrogen (secondary N) is 1. The number of phenols is 1. The summed E-state index contributed by atoms with van der Waals surface area (Å²) >= 11 is 0. The fraction of sp³-hybridized carbons (Fsp3) is 0.222. The fourth-order valence-electron chi connectivity index (χ4n) is 3.00. The molecular weight excluding hydrogens is 306 g/mol. The molecule has 0 saturated heterocycles. The zero-order valence-corrected chi connectivity index (χ0v) is 13.6. The van der Waals surface area contributed by atoms with Crippen molar-refractivity contribution in [1.29, 1.82) is 0 Å². The maximum absolute atomic E-state index is 12.0. The van der Waals surface area contributed by atoms with Crippen LogP contribution in [0.1, 0.15) is 19.4 Å². The maximum Gasteiger partial charge on any atom is 0.414 e. The minimum absolute atomic E-state index is 0.212. The van der Waals surface area contributed by atoms with Gasteiger partial charge in [0.2, 0.25) is 0 Å². The summed E-state index contributed by atoms with van der Waals surface area (Å²) in [4.78, 5) is 21.4. The molecule has 0 unspecified atom stereocenters. The molecule has 6 nitrogen and oxygen atoms in total. The molecule has 1 amide bonds. The number of carbonyl (C=O) groups is 1. The number of fused-ring (bicyclic) bond motifs is 2. The largest absolute Gasteiger partial charge is 0.508 e. The molecule has 24 heavy (non-hydrogen) atoms. The van der Waals surface area contributed by atoms with Crippen LogP contribution in [-0.2, 0) is 10.3 Å². The number of ether oxygens (including phenoxy) is 1. The number of carbonyl (C=O) groups excluding carboxylic acids is 1. The lowest BCUT2D eigenvalue weighted by Crippen LogP contribution is -2.41. The van der Waals surface area contributed by atoms with Crippen molar-refractivity contribution in [2.75, 3.05) is 11.9 Å². The Morgan fingerprint density at radius 2 is 1.92 bits per heavy atom. The van der Waals surface area contributed by atoms with Crippen molar-refractivity contribution < 1.29 is 14.6 Å². The summed E-state index contributed by atoms with van der Waals surface area (Å²) in [5, 5.41) is 9.42. The molecule has 122 valence electrons. The number of rotatable bonds is 1. The lowest BCUT2D eigenvalue weighted by atomic mass is 9.94. The van der Waals surface area contributed by atoms with Gasteiger partial charge in [0, 0.05) is 18.2 Å². The number of aromatic hydroxyl groups is 1. The standard InChI is InChI=1S/C18H17N3O3/c1-18(2)12-8-13-14(9-15(12)21(3)17(23)24-18)20-16(19-13)10-4-6-11(22)7-5-10/h4-9,22H,1-3H3,(H,19,20). The molecule has 1 aliphatic rings. The molecule has 2 N–H and O–H groups in total. The quantitative estimate of drug-likeness (QED) is 0.715. The van der Waals surface area contributed by atoms with Gasteiger partial charge in [0.25, 0.3) is 0 Å². The Morgan fingerprint density at radius 3 is 2.62 bits per heavy atom.